The van der Waals surface area contributed by atoms with Gasteiger partial charge in [-0.1, -0.05) is 0 Å². The summed E-state index contributed by atoms with van der Waals surface area (Å²) in [5, 5.41) is 0. The quantitative estimate of drug-likeness (QED) is 0.481. The summed E-state index contributed by atoms with van der Waals surface area (Å²) in [7, 11) is 0. The van der Waals surface area contributed by atoms with Gasteiger partial charge in [0.15, 0.2) is 34.9 Å². The van der Waals surface area contributed by atoms with Crippen molar-refractivity contribution in [3.8, 4) is 11.1 Å². The first-order chi connectivity index (χ1) is 9.27. The van der Waals surface area contributed by atoms with Gasteiger partial charge >= 0.3 is 0 Å². The molecule has 2 nitrogen and oxygen atoms in total. The maximum Gasteiger partial charge on any atom is 0.185 e. The molecule has 0 heterocycles. The lowest BCUT2D eigenvalue weighted by atomic mass is 10.0. The number of nitrogen functional groups attached to an aromatic ring is 2. The van der Waals surface area contributed by atoms with E-state index in [4.69, 9.17) is 11.5 Å². The van der Waals surface area contributed by atoms with Gasteiger partial charge in [0.25, 0.3) is 0 Å². The van der Waals surface area contributed by atoms with Crippen molar-refractivity contribution >= 4 is 11.4 Å². The minimum atomic E-state index is -1.93. The molecule has 106 valence electrons. The van der Waals surface area contributed by atoms with Crippen molar-refractivity contribution in [2.45, 2.75) is 0 Å². The first kappa shape index (κ1) is 14.0. The van der Waals surface area contributed by atoms with Gasteiger partial charge in [0.2, 0.25) is 0 Å². The van der Waals surface area contributed by atoms with Crippen LogP contribution in [0.15, 0.2) is 12.1 Å². The maximum atomic E-state index is 13.6. The van der Waals surface area contributed by atoms with Crippen LogP contribution < -0.4 is 11.5 Å². The highest BCUT2D eigenvalue weighted by atomic mass is 19.2. The van der Waals surface area contributed by atoms with E-state index < -0.39 is 57.4 Å². The van der Waals surface area contributed by atoms with Crippen LogP contribution in [-0.2, 0) is 0 Å². The molecule has 0 aliphatic rings. The van der Waals surface area contributed by atoms with Crippen molar-refractivity contribution in [2.24, 2.45) is 0 Å². The third kappa shape index (κ3) is 1.84. The normalized spacial score (nSPS) is 10.9. The number of anilines is 2. The zero-order valence-electron chi connectivity index (χ0n) is 9.58. The Kier molecular flexibility index (Phi) is 3.24. The minimum absolute atomic E-state index is 0.622. The van der Waals surface area contributed by atoms with E-state index in [1.54, 1.807) is 0 Å². The molecule has 0 unspecified atom stereocenters. The van der Waals surface area contributed by atoms with Crippen LogP contribution >= 0.6 is 0 Å². The molecule has 0 aromatic heterocycles. The summed E-state index contributed by atoms with van der Waals surface area (Å²) in [4.78, 5) is 0. The maximum absolute atomic E-state index is 13.6. The van der Waals surface area contributed by atoms with Gasteiger partial charge in [0.05, 0.1) is 11.3 Å². The van der Waals surface area contributed by atoms with Crippen LogP contribution in [0.4, 0.5) is 37.7 Å². The Bertz CT molecular complexity index is 685. The van der Waals surface area contributed by atoms with E-state index >= 15 is 0 Å². The molecule has 0 saturated carbocycles. The highest BCUT2D eigenvalue weighted by molar-refractivity contribution is 5.70. The summed E-state index contributed by atoms with van der Waals surface area (Å²) in [5.41, 5.74) is 5.44. The fourth-order valence-corrected chi connectivity index (χ4v) is 1.64. The van der Waals surface area contributed by atoms with Crippen molar-refractivity contribution < 1.29 is 26.3 Å². The van der Waals surface area contributed by atoms with Crippen LogP contribution in [0.3, 0.4) is 0 Å². The highest BCUT2D eigenvalue weighted by Gasteiger charge is 2.27. The molecule has 0 saturated heterocycles. The first-order valence-electron chi connectivity index (χ1n) is 5.12. The Labute approximate surface area is 108 Å². The zero-order valence-corrected chi connectivity index (χ0v) is 9.58. The molecule has 0 atom stereocenters. The number of hydrogen-bond donors (Lipinski definition) is 2. The standard InChI is InChI=1S/C12H6F6N2/c13-6-3(1-2-4(19)7(6)14)5-8(15)10(17)12(20)11(18)9(5)16/h1-2H,19-20H2. The first-order valence-corrected chi connectivity index (χ1v) is 5.12. The summed E-state index contributed by atoms with van der Waals surface area (Å²) in [6.45, 7) is 0. The Balaban J connectivity index is 2.87. The van der Waals surface area contributed by atoms with Gasteiger partial charge in [-0.05, 0) is 12.1 Å². The van der Waals surface area contributed by atoms with E-state index in [0.29, 0.717) is 6.07 Å². The third-order valence-electron chi connectivity index (χ3n) is 2.68. The molecule has 0 spiro atoms. The summed E-state index contributed by atoms with van der Waals surface area (Å²) >= 11 is 0. The van der Waals surface area contributed by atoms with Crippen LogP contribution in [0, 0.1) is 34.9 Å². The van der Waals surface area contributed by atoms with Crippen LogP contribution in [0.2, 0.25) is 0 Å². The van der Waals surface area contributed by atoms with Crippen LogP contribution in [0.1, 0.15) is 0 Å². The average molecular weight is 292 g/mol. The molecule has 4 N–H and O–H groups in total. The molecule has 0 bridgehead atoms. The molecule has 2 rings (SSSR count). The molecule has 8 heteroatoms. The highest BCUT2D eigenvalue weighted by Crippen LogP contribution is 2.35. The molecule has 0 aliphatic carbocycles. The monoisotopic (exact) mass is 292 g/mol. The van der Waals surface area contributed by atoms with Crippen molar-refractivity contribution in [2.75, 3.05) is 11.5 Å². The number of nitrogens with two attached hydrogens (primary N) is 2. The Morgan fingerprint density at radius 1 is 0.600 bits per heavy atom. The van der Waals surface area contributed by atoms with Crippen molar-refractivity contribution in [1.29, 1.82) is 0 Å². The van der Waals surface area contributed by atoms with Crippen LogP contribution in [0.25, 0.3) is 11.1 Å². The van der Waals surface area contributed by atoms with E-state index in [0.717, 1.165) is 6.07 Å². The van der Waals surface area contributed by atoms with E-state index in [2.05, 4.69) is 0 Å². The minimum Gasteiger partial charge on any atom is -0.396 e. The summed E-state index contributed by atoms with van der Waals surface area (Å²) in [6, 6.07) is 1.50. The fraction of sp³-hybridized carbons (Fsp3) is 0. The Hall–Kier alpha value is -2.38. The second-order valence-electron chi connectivity index (χ2n) is 3.87. The molecule has 0 fully saturated rings. The molecule has 2 aromatic carbocycles. The fourth-order valence-electron chi connectivity index (χ4n) is 1.64. The molecular formula is C12H6F6N2. The average Bonchev–Trinajstić information content (AvgIpc) is 2.43. The van der Waals surface area contributed by atoms with Gasteiger partial charge in [-0.25, -0.2) is 26.3 Å². The molecular weight excluding hydrogens is 286 g/mol. The van der Waals surface area contributed by atoms with Crippen molar-refractivity contribution in [1.82, 2.24) is 0 Å². The van der Waals surface area contributed by atoms with Gasteiger partial charge in [-0.15, -0.1) is 0 Å². The largest absolute Gasteiger partial charge is 0.396 e. The second-order valence-corrected chi connectivity index (χ2v) is 3.87. The van der Waals surface area contributed by atoms with E-state index in [1.165, 1.54) is 0 Å². The lowest BCUT2D eigenvalue weighted by molar-refractivity contribution is 0.461. The Morgan fingerprint density at radius 2 is 1.10 bits per heavy atom. The predicted octanol–water partition coefficient (Wildman–Crippen LogP) is 3.35. The topological polar surface area (TPSA) is 52.0 Å². The summed E-state index contributed by atoms with van der Waals surface area (Å²) in [6.07, 6.45) is 0. The van der Waals surface area contributed by atoms with Gasteiger partial charge in [0.1, 0.15) is 5.69 Å². The lowest BCUT2D eigenvalue weighted by Gasteiger charge is -2.11. The van der Waals surface area contributed by atoms with E-state index in [1.807, 2.05) is 0 Å². The summed E-state index contributed by atoms with van der Waals surface area (Å²) < 4.78 is 80.7. The smallest absolute Gasteiger partial charge is 0.185 e. The Morgan fingerprint density at radius 3 is 1.60 bits per heavy atom. The van der Waals surface area contributed by atoms with Gasteiger partial charge in [-0.3, -0.25) is 0 Å². The number of benzene rings is 2. The molecule has 0 aliphatic heterocycles. The van der Waals surface area contributed by atoms with Crippen molar-refractivity contribution in [3.05, 3.63) is 47.0 Å². The second kappa shape index (κ2) is 4.62. The summed E-state index contributed by atoms with van der Waals surface area (Å²) in [5.74, 6) is -11.0. The predicted molar refractivity (Wildman–Crippen MR) is 60.5 cm³/mol. The number of hydrogen-bond acceptors (Lipinski definition) is 2. The lowest BCUT2D eigenvalue weighted by Crippen LogP contribution is -2.07. The molecule has 2 aromatic rings. The van der Waals surface area contributed by atoms with Gasteiger partial charge in [-0.2, -0.15) is 0 Å². The number of rotatable bonds is 1. The molecule has 20 heavy (non-hydrogen) atoms. The van der Waals surface area contributed by atoms with Gasteiger partial charge < -0.3 is 11.5 Å². The van der Waals surface area contributed by atoms with E-state index in [9.17, 15) is 26.3 Å². The van der Waals surface area contributed by atoms with Crippen LogP contribution in [0.5, 0.6) is 0 Å². The SMILES string of the molecule is Nc1ccc(-c2c(F)c(F)c(N)c(F)c2F)c(F)c1F. The van der Waals surface area contributed by atoms with Crippen molar-refractivity contribution in [3.63, 3.8) is 0 Å². The van der Waals surface area contributed by atoms with Gasteiger partial charge in [0, 0.05) is 5.56 Å². The molecule has 0 amide bonds. The number of halogens is 6. The van der Waals surface area contributed by atoms with Crippen LogP contribution in [-0.4, -0.2) is 0 Å². The zero-order chi connectivity index (χ0) is 15.2. The molecule has 0 radical (unpaired) electrons. The van der Waals surface area contributed by atoms with E-state index in [-0.39, 0.29) is 0 Å². The third-order valence-corrected chi connectivity index (χ3v) is 2.68.